The molecule has 124 valence electrons. The van der Waals surface area contributed by atoms with Crippen LogP contribution in [0.15, 0.2) is 11.3 Å². The summed E-state index contributed by atoms with van der Waals surface area (Å²) < 4.78 is 5.39. The molecule has 0 unspecified atom stereocenters. The minimum atomic E-state index is -1.02. The molecule has 0 rings (SSSR count). The summed E-state index contributed by atoms with van der Waals surface area (Å²) in [4.78, 5) is 12.0. The summed E-state index contributed by atoms with van der Waals surface area (Å²) in [7, 11) is -1.02. The maximum absolute atomic E-state index is 12.0. The Labute approximate surface area is 134 Å². The number of esters is 1. The maximum Gasteiger partial charge on any atom is 0.332 e. The van der Waals surface area contributed by atoms with Crippen molar-refractivity contribution in [1.29, 1.82) is 0 Å². The van der Waals surface area contributed by atoms with Gasteiger partial charge in [0.15, 0.2) is 0 Å². The molecular formula is C18H36O2Si. The van der Waals surface area contributed by atoms with E-state index >= 15 is 0 Å². The number of carbonyl (C=O) groups excluding carboxylic acids is 1. The highest BCUT2D eigenvalue weighted by molar-refractivity contribution is 6.67. The fourth-order valence-electron chi connectivity index (χ4n) is 2.67. The third kappa shape index (κ3) is 9.89. The monoisotopic (exact) mass is 312 g/mol. The molecule has 3 heteroatoms. The SMILES string of the molecule is CCCCCCCCOC(=O)C(C)=C[SiH](C(C)C)C(C)C. The molecule has 21 heavy (non-hydrogen) atoms. The van der Waals surface area contributed by atoms with Gasteiger partial charge in [0.05, 0.1) is 15.4 Å². The van der Waals surface area contributed by atoms with Crippen LogP contribution in [0.4, 0.5) is 0 Å². The van der Waals surface area contributed by atoms with E-state index in [2.05, 4.69) is 40.3 Å². The fraction of sp³-hybridized carbons (Fsp3) is 0.833. The van der Waals surface area contributed by atoms with Crippen molar-refractivity contribution in [2.45, 2.75) is 91.1 Å². The van der Waals surface area contributed by atoms with E-state index < -0.39 is 8.80 Å². The Balaban J connectivity index is 4.04. The molecule has 0 N–H and O–H groups in total. The predicted octanol–water partition coefficient (Wildman–Crippen LogP) is 5.42. The predicted molar refractivity (Wildman–Crippen MR) is 95.4 cm³/mol. The summed E-state index contributed by atoms with van der Waals surface area (Å²) in [5, 5.41) is 0. The Bertz CT molecular complexity index is 300. The van der Waals surface area contributed by atoms with Crippen LogP contribution in [-0.2, 0) is 9.53 Å². The van der Waals surface area contributed by atoms with Crippen molar-refractivity contribution >= 4 is 14.8 Å². The second-order valence-corrected chi connectivity index (χ2v) is 11.0. The number of hydrogen-bond donors (Lipinski definition) is 0. The van der Waals surface area contributed by atoms with E-state index in [9.17, 15) is 4.79 Å². The Hall–Kier alpha value is -0.573. The molecule has 0 aliphatic heterocycles. The van der Waals surface area contributed by atoms with E-state index in [4.69, 9.17) is 4.74 Å². The van der Waals surface area contributed by atoms with Gasteiger partial charge in [0.25, 0.3) is 0 Å². The Kier molecular flexibility index (Phi) is 11.7. The lowest BCUT2D eigenvalue weighted by molar-refractivity contribution is -0.139. The topological polar surface area (TPSA) is 26.3 Å². The van der Waals surface area contributed by atoms with Gasteiger partial charge in [-0.25, -0.2) is 4.79 Å². The van der Waals surface area contributed by atoms with Crippen LogP contribution in [0, 0.1) is 0 Å². The molecule has 0 bridgehead atoms. The van der Waals surface area contributed by atoms with Crippen molar-refractivity contribution in [3.8, 4) is 0 Å². The maximum atomic E-state index is 12.0. The highest BCUT2D eigenvalue weighted by Gasteiger charge is 2.18. The van der Waals surface area contributed by atoms with Crippen LogP contribution in [0.3, 0.4) is 0 Å². The van der Waals surface area contributed by atoms with Gasteiger partial charge in [-0.3, -0.25) is 0 Å². The van der Waals surface area contributed by atoms with Gasteiger partial charge in [-0.15, -0.1) is 0 Å². The highest BCUT2D eigenvalue weighted by Crippen LogP contribution is 2.22. The molecule has 0 aromatic rings. The number of rotatable bonds is 11. The van der Waals surface area contributed by atoms with Crippen LogP contribution >= 0.6 is 0 Å². The largest absolute Gasteiger partial charge is 0.462 e. The summed E-state index contributed by atoms with van der Waals surface area (Å²) in [6.07, 6.45) is 7.33. The van der Waals surface area contributed by atoms with Crippen molar-refractivity contribution in [3.05, 3.63) is 11.3 Å². The van der Waals surface area contributed by atoms with Crippen LogP contribution in [-0.4, -0.2) is 21.4 Å². The Morgan fingerprint density at radius 2 is 1.52 bits per heavy atom. The molecule has 0 aromatic carbocycles. The lowest BCUT2D eigenvalue weighted by Gasteiger charge is -2.20. The summed E-state index contributed by atoms with van der Waals surface area (Å²) in [6, 6.07) is 0. The summed E-state index contributed by atoms with van der Waals surface area (Å²) in [6.45, 7) is 13.8. The zero-order chi connectivity index (χ0) is 16.3. The van der Waals surface area contributed by atoms with Gasteiger partial charge < -0.3 is 4.74 Å². The molecule has 0 aliphatic rings. The number of unbranched alkanes of at least 4 members (excludes halogenated alkanes) is 5. The van der Waals surface area contributed by atoms with E-state index in [-0.39, 0.29) is 5.97 Å². The number of hydrogen-bond acceptors (Lipinski definition) is 2. The van der Waals surface area contributed by atoms with Gasteiger partial charge in [-0.1, -0.05) is 83.5 Å². The first-order valence-corrected chi connectivity index (χ1v) is 10.8. The highest BCUT2D eigenvalue weighted by atomic mass is 28.3. The molecule has 0 radical (unpaired) electrons. The van der Waals surface area contributed by atoms with Crippen molar-refractivity contribution in [3.63, 3.8) is 0 Å². The summed E-state index contributed by atoms with van der Waals surface area (Å²) >= 11 is 0. The molecule has 0 spiro atoms. The van der Waals surface area contributed by atoms with Crippen molar-refractivity contribution in [2.75, 3.05) is 6.61 Å². The van der Waals surface area contributed by atoms with Crippen LogP contribution in [0.25, 0.3) is 0 Å². The third-order valence-electron chi connectivity index (χ3n) is 4.04. The molecule has 0 aromatic heterocycles. The van der Waals surface area contributed by atoms with Crippen molar-refractivity contribution < 1.29 is 9.53 Å². The van der Waals surface area contributed by atoms with Gasteiger partial charge in [0.2, 0.25) is 0 Å². The van der Waals surface area contributed by atoms with E-state index in [0.29, 0.717) is 17.7 Å². The first-order chi connectivity index (χ1) is 9.90. The lowest BCUT2D eigenvalue weighted by Crippen LogP contribution is -2.20. The van der Waals surface area contributed by atoms with E-state index in [1.165, 1.54) is 32.1 Å². The fourth-order valence-corrected chi connectivity index (χ4v) is 5.70. The van der Waals surface area contributed by atoms with Crippen molar-refractivity contribution in [2.24, 2.45) is 0 Å². The van der Waals surface area contributed by atoms with Crippen LogP contribution in [0.5, 0.6) is 0 Å². The smallest absolute Gasteiger partial charge is 0.332 e. The molecule has 0 atom stereocenters. The molecule has 0 fully saturated rings. The van der Waals surface area contributed by atoms with Crippen LogP contribution in [0.2, 0.25) is 11.1 Å². The van der Waals surface area contributed by atoms with E-state index in [1.54, 1.807) is 0 Å². The number of carbonyl (C=O) groups is 1. The zero-order valence-corrected chi connectivity index (χ0v) is 16.2. The molecular weight excluding hydrogens is 276 g/mol. The third-order valence-corrected chi connectivity index (χ3v) is 8.00. The van der Waals surface area contributed by atoms with Crippen LogP contribution < -0.4 is 0 Å². The Morgan fingerprint density at radius 1 is 1.00 bits per heavy atom. The first-order valence-electron chi connectivity index (χ1n) is 8.75. The summed E-state index contributed by atoms with van der Waals surface area (Å²) in [5.74, 6) is -0.109. The first kappa shape index (κ1) is 20.4. The Morgan fingerprint density at radius 3 is 2.05 bits per heavy atom. The van der Waals surface area contributed by atoms with Gasteiger partial charge >= 0.3 is 5.97 Å². The molecule has 0 saturated carbocycles. The van der Waals surface area contributed by atoms with Crippen LogP contribution in [0.1, 0.15) is 80.1 Å². The lowest BCUT2D eigenvalue weighted by atomic mass is 10.1. The molecule has 0 saturated heterocycles. The average Bonchev–Trinajstić information content (AvgIpc) is 2.42. The van der Waals surface area contributed by atoms with E-state index in [0.717, 1.165) is 12.0 Å². The number of ether oxygens (including phenoxy) is 1. The zero-order valence-electron chi connectivity index (χ0n) is 15.1. The molecule has 0 aliphatic carbocycles. The van der Waals surface area contributed by atoms with Gasteiger partial charge in [0, 0.05) is 5.57 Å². The standard InChI is InChI=1S/C18H36O2Si/c1-7-8-9-10-11-12-13-20-18(19)17(6)14-21(15(2)3)16(4)5/h14-16,21H,7-13H2,1-6H3. The second-order valence-electron chi connectivity index (χ2n) is 6.82. The van der Waals surface area contributed by atoms with E-state index in [1.807, 2.05) is 6.92 Å². The molecule has 0 amide bonds. The minimum absolute atomic E-state index is 0.109. The minimum Gasteiger partial charge on any atom is -0.462 e. The van der Waals surface area contributed by atoms with Gasteiger partial charge in [-0.2, -0.15) is 0 Å². The second kappa shape index (κ2) is 12.0. The molecule has 0 heterocycles. The van der Waals surface area contributed by atoms with Gasteiger partial charge in [-0.05, 0) is 13.3 Å². The normalized spacial score (nSPS) is 12.5. The average molecular weight is 313 g/mol. The molecule has 2 nitrogen and oxygen atoms in total. The summed E-state index contributed by atoms with van der Waals surface area (Å²) in [5.41, 5.74) is 4.43. The van der Waals surface area contributed by atoms with Crippen molar-refractivity contribution in [1.82, 2.24) is 0 Å². The quantitative estimate of drug-likeness (QED) is 0.220. The van der Waals surface area contributed by atoms with Gasteiger partial charge in [0.1, 0.15) is 0 Å².